The number of aliphatic hydroxyl groups excluding tert-OH is 2. The molecule has 3 heterocycles. The summed E-state index contributed by atoms with van der Waals surface area (Å²) in [4.78, 5) is 72.5. The van der Waals surface area contributed by atoms with E-state index in [-0.39, 0.29) is 87.2 Å². The number of piperidine rings is 1. The van der Waals surface area contributed by atoms with Gasteiger partial charge in [-0.25, -0.2) is 4.79 Å². The highest BCUT2D eigenvalue weighted by atomic mass is 16.6. The number of ether oxygens (including phenoxy) is 7. The summed E-state index contributed by atoms with van der Waals surface area (Å²) in [7, 11) is 4.58. The second kappa shape index (κ2) is 29.4. The number of fused-ring (bicyclic) bond motifs is 3. The molecule has 1 amide bonds. The van der Waals surface area contributed by atoms with Crippen molar-refractivity contribution in [3.05, 3.63) is 47.6 Å². The molecule has 1 aliphatic carbocycles. The highest BCUT2D eigenvalue weighted by Crippen LogP contribution is 2.38. The Morgan fingerprint density at radius 2 is 1.58 bits per heavy atom. The van der Waals surface area contributed by atoms with E-state index < -0.39 is 77.8 Å². The van der Waals surface area contributed by atoms with E-state index in [4.69, 9.17) is 33.2 Å². The van der Waals surface area contributed by atoms with Gasteiger partial charge >= 0.3 is 5.97 Å². The minimum absolute atomic E-state index is 0.000431. The molecule has 4 rings (SSSR count). The van der Waals surface area contributed by atoms with Crippen LogP contribution in [-0.4, -0.2) is 158 Å². The summed E-state index contributed by atoms with van der Waals surface area (Å²) in [6.07, 6.45) is 11.7. The number of hydrogen-bond donors (Lipinski definition) is 3. The smallest absolute Gasteiger partial charge is 0.329 e. The first kappa shape index (κ1) is 60.1. The van der Waals surface area contributed by atoms with Crippen LogP contribution in [0, 0.1) is 35.5 Å². The third kappa shape index (κ3) is 17.0. The van der Waals surface area contributed by atoms with E-state index in [9.17, 15) is 39.3 Å². The molecule has 0 aromatic carbocycles. The second-order valence-corrected chi connectivity index (χ2v) is 20.8. The van der Waals surface area contributed by atoms with E-state index >= 15 is 0 Å². The van der Waals surface area contributed by atoms with Crippen LogP contribution in [0.1, 0.15) is 126 Å². The molecule has 16 heteroatoms. The number of amides is 1. The molecule has 3 fully saturated rings. The predicted molar refractivity (Wildman–Crippen MR) is 267 cm³/mol. The van der Waals surface area contributed by atoms with Crippen LogP contribution in [0.4, 0.5) is 0 Å². The molecule has 0 radical (unpaired) electrons. The van der Waals surface area contributed by atoms with Crippen molar-refractivity contribution in [2.45, 2.75) is 180 Å². The van der Waals surface area contributed by atoms with Gasteiger partial charge in [-0.1, -0.05) is 71.1 Å². The van der Waals surface area contributed by atoms with E-state index in [1.54, 1.807) is 41.1 Å². The Balaban J connectivity index is 1.71. The molecule has 2 saturated heterocycles. The maximum Gasteiger partial charge on any atom is 0.329 e. The number of methoxy groups -OCH3 is 3. The first-order chi connectivity index (χ1) is 33.8. The first-order valence-corrected chi connectivity index (χ1v) is 26.1. The largest absolute Gasteiger partial charge is 0.460 e. The van der Waals surface area contributed by atoms with Crippen LogP contribution < -0.4 is 0 Å². The molecule has 3 N–H and O–H groups in total. The van der Waals surface area contributed by atoms with Crippen molar-refractivity contribution in [1.82, 2.24) is 4.90 Å². The van der Waals surface area contributed by atoms with Crippen LogP contribution >= 0.6 is 0 Å². The monoisotopic (exact) mass is 1000 g/mol. The van der Waals surface area contributed by atoms with Gasteiger partial charge in [-0.05, 0) is 107 Å². The SMILES string of the molecule is COCCO[C@H]1C[C@@H]2CC[C@@H](C)[C@@](O)(O2)C(=O)C(=O)N2CCCCC2C(=O)O[C@H]([C@H](C)C[C@@H]2CC[C@@H](OCCO)[C@H](OC)C2)CC(=O)[C@H](C)/C=C(\C)[C@@H](O)[C@@H](OC)C(=O)[C@H](C)C[C@H](C)/C=C/C=CC=C1C. The molecule has 0 spiro atoms. The molecule has 402 valence electrons. The Morgan fingerprint density at radius 1 is 0.831 bits per heavy atom. The van der Waals surface area contributed by atoms with Gasteiger partial charge in [0.1, 0.15) is 30.1 Å². The lowest BCUT2D eigenvalue weighted by Crippen LogP contribution is -2.61. The van der Waals surface area contributed by atoms with Crippen molar-refractivity contribution >= 4 is 29.2 Å². The molecule has 71 heavy (non-hydrogen) atoms. The molecule has 1 saturated carbocycles. The number of allylic oxidation sites excluding steroid dienone is 6. The van der Waals surface area contributed by atoms with Crippen molar-refractivity contribution in [3.63, 3.8) is 0 Å². The molecule has 2 bridgehead atoms. The summed E-state index contributed by atoms with van der Waals surface area (Å²) in [6, 6.07) is -1.16. The number of ketones is 3. The van der Waals surface area contributed by atoms with Gasteiger partial charge in [-0.2, -0.15) is 0 Å². The van der Waals surface area contributed by atoms with Crippen LogP contribution in [0.15, 0.2) is 47.6 Å². The van der Waals surface area contributed by atoms with E-state index in [0.29, 0.717) is 63.5 Å². The fourth-order valence-electron chi connectivity index (χ4n) is 10.7. The van der Waals surface area contributed by atoms with Crippen LogP contribution in [-0.2, 0) is 57.1 Å². The average Bonchev–Trinajstić information content (AvgIpc) is 3.35. The van der Waals surface area contributed by atoms with E-state index in [1.165, 1.54) is 12.0 Å². The summed E-state index contributed by atoms with van der Waals surface area (Å²) in [5.74, 6) is -8.10. The van der Waals surface area contributed by atoms with Crippen molar-refractivity contribution in [2.75, 3.05) is 54.3 Å². The van der Waals surface area contributed by atoms with Crippen LogP contribution in [0.2, 0.25) is 0 Å². The molecule has 15 atom stereocenters. The normalized spacial score (nSPS) is 36.8. The summed E-state index contributed by atoms with van der Waals surface area (Å²) in [6.45, 7) is 13.5. The van der Waals surface area contributed by atoms with Gasteiger partial charge in [-0.15, -0.1) is 0 Å². The molecule has 4 aliphatic rings. The number of aliphatic hydroxyl groups is 3. The van der Waals surface area contributed by atoms with Gasteiger partial charge in [-0.3, -0.25) is 19.2 Å². The zero-order valence-corrected chi connectivity index (χ0v) is 44.3. The minimum Gasteiger partial charge on any atom is -0.460 e. The molecular weight excluding hydrogens is 915 g/mol. The molecular formula is C55H87NO15. The standard InChI is InChI=1S/C55H87NO15/c1-34-16-12-11-13-17-35(2)46(69-27-26-65-8)32-42-21-19-40(7)55(64,71-42)52(61)53(62)56-23-15-14-18-43(56)54(63)70-47(37(4)30-41-20-22-45(68-25-24-57)48(31-41)66-9)33-44(58)36(3)29-39(6)50(60)51(67-10)49(59)38(5)28-34/h11-13,16-17,29,34,36-38,40-43,45-48,50-51,57,60,64H,14-15,18-28,30-33H2,1-10H3/b13-11?,16-12+,35-17?,39-29+/t34-,36-,37-,38-,40-,41+,42+,43?,45-,46+,47+,48-,50-,51+,55-/m1/s1. The van der Waals surface area contributed by atoms with Crippen LogP contribution in [0.25, 0.3) is 0 Å². The van der Waals surface area contributed by atoms with Gasteiger partial charge in [0.15, 0.2) is 5.78 Å². The van der Waals surface area contributed by atoms with Crippen molar-refractivity contribution in [3.8, 4) is 0 Å². The lowest BCUT2D eigenvalue weighted by Gasteiger charge is -2.43. The van der Waals surface area contributed by atoms with Gasteiger partial charge in [0.05, 0.1) is 50.8 Å². The topological polar surface area (TPSA) is 214 Å². The number of carbonyl (C=O) groups is 5. The van der Waals surface area contributed by atoms with Crippen molar-refractivity contribution in [2.24, 2.45) is 35.5 Å². The molecule has 1 unspecified atom stereocenters. The number of cyclic esters (lactones) is 1. The second-order valence-electron chi connectivity index (χ2n) is 20.8. The summed E-state index contributed by atoms with van der Waals surface area (Å²) >= 11 is 0. The van der Waals surface area contributed by atoms with Gasteiger partial charge in [0, 0.05) is 58.5 Å². The van der Waals surface area contributed by atoms with Gasteiger partial charge in [0.2, 0.25) is 5.79 Å². The third-order valence-electron chi connectivity index (χ3n) is 15.2. The first-order valence-electron chi connectivity index (χ1n) is 26.1. The quantitative estimate of drug-likeness (QED) is 0.0858. The van der Waals surface area contributed by atoms with Crippen LogP contribution in [0.3, 0.4) is 0 Å². The lowest BCUT2D eigenvalue weighted by atomic mass is 9.78. The number of esters is 1. The fraction of sp³-hybridized carbons (Fsp3) is 0.764. The van der Waals surface area contributed by atoms with Crippen LogP contribution in [0.5, 0.6) is 0 Å². The maximum absolute atomic E-state index is 14.5. The highest BCUT2D eigenvalue weighted by Gasteiger charge is 2.53. The van der Waals surface area contributed by atoms with Gasteiger partial charge in [0.25, 0.3) is 11.7 Å². The predicted octanol–water partition coefficient (Wildman–Crippen LogP) is 6.21. The zero-order chi connectivity index (χ0) is 52.4. The third-order valence-corrected chi connectivity index (χ3v) is 15.2. The molecule has 3 aliphatic heterocycles. The zero-order valence-electron chi connectivity index (χ0n) is 44.3. The Kier molecular flexibility index (Phi) is 24.9. The lowest BCUT2D eigenvalue weighted by molar-refractivity contribution is -0.266. The fourth-order valence-corrected chi connectivity index (χ4v) is 10.7. The number of carbonyl (C=O) groups excluding carboxylic acids is 5. The summed E-state index contributed by atoms with van der Waals surface area (Å²) in [5.41, 5.74) is 1.24. The Hall–Kier alpha value is -3.45. The Bertz CT molecular complexity index is 1860. The van der Waals surface area contributed by atoms with E-state index in [0.717, 1.165) is 12.0 Å². The Labute approximate surface area is 422 Å². The molecule has 0 aromatic rings. The number of Topliss-reactive ketones (excluding diaryl/α,β-unsaturated/α-hetero) is 3. The van der Waals surface area contributed by atoms with E-state index in [1.807, 2.05) is 58.1 Å². The van der Waals surface area contributed by atoms with Crippen molar-refractivity contribution in [1.29, 1.82) is 0 Å². The van der Waals surface area contributed by atoms with Crippen molar-refractivity contribution < 1.29 is 72.5 Å². The van der Waals surface area contributed by atoms with Gasteiger partial charge < -0.3 is 53.4 Å². The molecule has 16 nitrogen and oxygen atoms in total. The molecule has 0 aromatic heterocycles. The Morgan fingerprint density at radius 3 is 2.27 bits per heavy atom. The number of hydrogen-bond acceptors (Lipinski definition) is 15. The average molecular weight is 1000 g/mol. The highest BCUT2D eigenvalue weighted by molar-refractivity contribution is 6.39. The summed E-state index contributed by atoms with van der Waals surface area (Å²) < 4.78 is 41.3. The van der Waals surface area contributed by atoms with E-state index in [2.05, 4.69) is 0 Å². The number of nitrogens with zero attached hydrogens (tertiary/aromatic N) is 1. The maximum atomic E-state index is 14.5. The number of rotatable bonds is 12. The summed E-state index contributed by atoms with van der Waals surface area (Å²) in [5, 5.41) is 33.0. The minimum atomic E-state index is -2.46.